The van der Waals surface area contributed by atoms with Gasteiger partial charge in [-0.3, -0.25) is 0 Å². The van der Waals surface area contributed by atoms with E-state index in [0.717, 1.165) is 11.3 Å². The molecule has 78 valence electrons. The third-order valence-corrected chi connectivity index (χ3v) is 2.23. The van der Waals surface area contributed by atoms with Crippen molar-refractivity contribution in [2.24, 2.45) is 0 Å². The summed E-state index contributed by atoms with van der Waals surface area (Å²) < 4.78 is 28.0. The van der Waals surface area contributed by atoms with E-state index in [9.17, 15) is 13.6 Å². The predicted molar refractivity (Wildman–Crippen MR) is 47.9 cm³/mol. The Bertz CT molecular complexity index is 316. The molecule has 0 bridgehead atoms. The largest absolute Gasteiger partial charge is 0.465 e. The van der Waals surface area contributed by atoms with Gasteiger partial charge in [-0.25, -0.2) is 18.6 Å². The lowest BCUT2D eigenvalue weighted by Crippen LogP contribution is -2.09. The van der Waals surface area contributed by atoms with Gasteiger partial charge in [0.2, 0.25) is 0 Å². The number of esters is 1. The van der Waals surface area contributed by atoms with Gasteiger partial charge in [0.25, 0.3) is 6.43 Å². The van der Waals surface area contributed by atoms with Crippen molar-refractivity contribution in [2.75, 3.05) is 19.0 Å². The van der Waals surface area contributed by atoms with Gasteiger partial charge in [0.1, 0.15) is 4.88 Å². The average Bonchev–Trinajstić information content (AvgIpc) is 2.62. The summed E-state index contributed by atoms with van der Waals surface area (Å²) >= 11 is 0.977. The standard InChI is InChI=1S/C7H8F2N2O2S/c1-13-6(12)4-2-10-7(14-4)11-3-5(8)9/h2,5H,3H2,1H3,(H,10,11). The lowest BCUT2D eigenvalue weighted by molar-refractivity contribution is 0.0606. The first-order valence-corrected chi connectivity index (χ1v) is 4.51. The van der Waals surface area contributed by atoms with Gasteiger partial charge < -0.3 is 10.1 Å². The molecule has 0 aromatic carbocycles. The number of ether oxygens (including phenoxy) is 1. The van der Waals surface area contributed by atoms with Gasteiger partial charge in [-0.05, 0) is 0 Å². The first kappa shape index (κ1) is 10.8. The lowest BCUT2D eigenvalue weighted by Gasteiger charge is -1.99. The van der Waals surface area contributed by atoms with E-state index in [4.69, 9.17) is 0 Å². The van der Waals surface area contributed by atoms with E-state index in [1.165, 1.54) is 13.3 Å². The Labute approximate surface area is 82.9 Å². The molecule has 0 atom stereocenters. The molecule has 0 radical (unpaired) electrons. The molecule has 0 amide bonds. The lowest BCUT2D eigenvalue weighted by atomic mass is 10.6. The molecule has 1 N–H and O–H groups in total. The van der Waals surface area contributed by atoms with Crippen LogP contribution in [0.4, 0.5) is 13.9 Å². The highest BCUT2D eigenvalue weighted by molar-refractivity contribution is 7.17. The number of anilines is 1. The number of thiazole rings is 1. The molecule has 7 heteroatoms. The highest BCUT2D eigenvalue weighted by Gasteiger charge is 2.11. The van der Waals surface area contributed by atoms with E-state index in [1.54, 1.807) is 0 Å². The van der Waals surface area contributed by atoms with Gasteiger partial charge in [0, 0.05) is 0 Å². The van der Waals surface area contributed by atoms with Crippen molar-refractivity contribution in [1.29, 1.82) is 0 Å². The van der Waals surface area contributed by atoms with Crippen LogP contribution in [0.3, 0.4) is 0 Å². The molecule has 0 spiro atoms. The van der Waals surface area contributed by atoms with E-state index < -0.39 is 18.9 Å². The molecule has 0 saturated heterocycles. The van der Waals surface area contributed by atoms with Crippen molar-refractivity contribution in [2.45, 2.75) is 6.43 Å². The SMILES string of the molecule is COC(=O)c1cnc(NCC(F)F)s1. The molecular formula is C7H8F2N2O2S. The maximum atomic E-state index is 11.8. The van der Waals surface area contributed by atoms with Crippen molar-refractivity contribution in [1.82, 2.24) is 4.98 Å². The highest BCUT2D eigenvalue weighted by atomic mass is 32.1. The fraction of sp³-hybridized carbons (Fsp3) is 0.429. The van der Waals surface area contributed by atoms with Crippen molar-refractivity contribution in [3.63, 3.8) is 0 Å². The number of hydrogen-bond acceptors (Lipinski definition) is 5. The van der Waals surface area contributed by atoms with Crippen LogP contribution in [0, 0.1) is 0 Å². The Morgan fingerprint density at radius 3 is 3.07 bits per heavy atom. The van der Waals surface area contributed by atoms with Crippen LogP contribution in [0.15, 0.2) is 6.20 Å². The van der Waals surface area contributed by atoms with Crippen LogP contribution >= 0.6 is 11.3 Å². The molecule has 1 aromatic rings. The molecule has 0 unspecified atom stereocenters. The second kappa shape index (κ2) is 4.85. The molecule has 1 heterocycles. The molecule has 14 heavy (non-hydrogen) atoms. The fourth-order valence-corrected chi connectivity index (χ4v) is 1.46. The summed E-state index contributed by atoms with van der Waals surface area (Å²) in [4.78, 5) is 14.9. The number of rotatable bonds is 4. The van der Waals surface area contributed by atoms with Crippen molar-refractivity contribution in [3.8, 4) is 0 Å². The third-order valence-electron chi connectivity index (χ3n) is 1.30. The number of carbonyl (C=O) groups excluding carboxylic acids is 1. The minimum absolute atomic E-state index is 0.282. The van der Waals surface area contributed by atoms with E-state index >= 15 is 0 Å². The number of hydrogen-bond donors (Lipinski definition) is 1. The Morgan fingerprint density at radius 2 is 2.50 bits per heavy atom. The summed E-state index contributed by atoms with van der Waals surface area (Å²) in [7, 11) is 1.24. The first-order chi connectivity index (χ1) is 6.63. The minimum Gasteiger partial charge on any atom is -0.465 e. The normalized spacial score (nSPS) is 10.3. The second-order valence-electron chi connectivity index (χ2n) is 2.29. The number of nitrogens with one attached hydrogen (secondary N) is 1. The fourth-order valence-electron chi connectivity index (χ4n) is 0.715. The Hall–Kier alpha value is -1.24. The molecule has 4 nitrogen and oxygen atoms in total. The molecule has 0 aliphatic carbocycles. The Balaban J connectivity index is 2.55. The molecule has 0 fully saturated rings. The third kappa shape index (κ3) is 2.91. The summed E-state index contributed by atoms with van der Waals surface area (Å²) in [5.41, 5.74) is 0. The van der Waals surface area contributed by atoms with Crippen LogP contribution in [-0.4, -0.2) is 31.0 Å². The van der Waals surface area contributed by atoms with Gasteiger partial charge in [0.15, 0.2) is 5.13 Å². The summed E-state index contributed by atoms with van der Waals surface area (Å²) in [6.45, 7) is -0.478. The predicted octanol–water partition coefficient (Wildman–Crippen LogP) is 1.61. The number of nitrogens with zero attached hydrogens (tertiary/aromatic N) is 1. The summed E-state index contributed by atoms with van der Waals surface area (Å²) in [6.07, 6.45) is -1.16. The molecule has 1 aromatic heterocycles. The number of halogens is 2. The van der Waals surface area contributed by atoms with E-state index in [-0.39, 0.29) is 10.0 Å². The maximum Gasteiger partial charge on any atom is 0.349 e. The minimum atomic E-state index is -2.44. The Kier molecular flexibility index (Phi) is 3.75. The summed E-state index contributed by atoms with van der Waals surface area (Å²) in [6, 6.07) is 0. The van der Waals surface area contributed by atoms with Crippen LogP contribution in [-0.2, 0) is 4.74 Å². The number of alkyl halides is 2. The molecule has 1 rings (SSSR count). The Morgan fingerprint density at radius 1 is 1.79 bits per heavy atom. The summed E-state index contributed by atoms with van der Waals surface area (Å²) in [5.74, 6) is -0.521. The van der Waals surface area contributed by atoms with E-state index in [1.807, 2.05) is 0 Å². The second-order valence-corrected chi connectivity index (χ2v) is 3.32. The smallest absolute Gasteiger partial charge is 0.349 e. The van der Waals surface area contributed by atoms with Crippen LogP contribution in [0.1, 0.15) is 9.67 Å². The average molecular weight is 222 g/mol. The highest BCUT2D eigenvalue weighted by Crippen LogP contribution is 2.18. The van der Waals surface area contributed by atoms with Crippen molar-refractivity contribution >= 4 is 22.4 Å². The van der Waals surface area contributed by atoms with Crippen molar-refractivity contribution < 1.29 is 18.3 Å². The molecule has 0 aliphatic rings. The zero-order chi connectivity index (χ0) is 10.6. The number of aromatic nitrogens is 1. The van der Waals surface area contributed by atoms with E-state index in [2.05, 4.69) is 15.0 Å². The van der Waals surface area contributed by atoms with Gasteiger partial charge in [-0.15, -0.1) is 0 Å². The van der Waals surface area contributed by atoms with E-state index in [0.29, 0.717) is 0 Å². The molecular weight excluding hydrogens is 214 g/mol. The van der Waals surface area contributed by atoms with Gasteiger partial charge in [-0.2, -0.15) is 0 Å². The molecule has 0 aliphatic heterocycles. The van der Waals surface area contributed by atoms with Crippen LogP contribution < -0.4 is 5.32 Å². The maximum absolute atomic E-state index is 11.8. The van der Waals surface area contributed by atoms with Crippen molar-refractivity contribution in [3.05, 3.63) is 11.1 Å². The summed E-state index contributed by atoms with van der Waals surface area (Å²) in [5, 5.41) is 2.68. The quantitative estimate of drug-likeness (QED) is 0.786. The zero-order valence-electron chi connectivity index (χ0n) is 7.29. The van der Waals surface area contributed by atoms with Crippen LogP contribution in [0.5, 0.6) is 0 Å². The van der Waals surface area contributed by atoms with Gasteiger partial charge >= 0.3 is 5.97 Å². The number of carbonyl (C=O) groups is 1. The van der Waals surface area contributed by atoms with Gasteiger partial charge in [-0.1, -0.05) is 11.3 Å². The monoisotopic (exact) mass is 222 g/mol. The number of methoxy groups -OCH3 is 1. The topological polar surface area (TPSA) is 51.2 Å². The van der Waals surface area contributed by atoms with Gasteiger partial charge in [0.05, 0.1) is 19.9 Å². The van der Waals surface area contributed by atoms with Crippen LogP contribution in [0.25, 0.3) is 0 Å². The molecule has 0 saturated carbocycles. The zero-order valence-corrected chi connectivity index (χ0v) is 8.11. The van der Waals surface area contributed by atoms with Crippen LogP contribution in [0.2, 0.25) is 0 Å². The first-order valence-electron chi connectivity index (χ1n) is 3.69.